The van der Waals surface area contributed by atoms with Crippen LogP contribution in [0.25, 0.3) is 21.9 Å². The molecule has 0 fully saturated rings. The second-order valence-corrected chi connectivity index (χ2v) is 6.62. The van der Waals surface area contributed by atoms with Gasteiger partial charge in [0.15, 0.2) is 0 Å². The number of hydrogen-bond donors (Lipinski definition) is 1. The molecule has 2 N–H and O–H groups in total. The Morgan fingerprint density at radius 2 is 1.57 bits per heavy atom. The molecule has 0 bridgehead atoms. The SMILES string of the molecule is Nc1c(-c2c([N+](=O)[O-])cc([N+](=O)[O-])cc2C(F)(F)F)cc(Br)c2ccccc12. The first-order valence-corrected chi connectivity index (χ1v) is 8.32. The van der Waals surface area contributed by atoms with Crippen molar-refractivity contribution in [2.75, 3.05) is 5.73 Å². The van der Waals surface area contributed by atoms with E-state index in [1.165, 1.54) is 6.07 Å². The van der Waals surface area contributed by atoms with Crippen LogP contribution in [0.5, 0.6) is 0 Å². The van der Waals surface area contributed by atoms with Gasteiger partial charge in [0.05, 0.1) is 27.0 Å². The Morgan fingerprint density at radius 3 is 2.11 bits per heavy atom. The molecule has 0 heterocycles. The molecule has 3 aromatic rings. The van der Waals surface area contributed by atoms with Crippen molar-refractivity contribution in [3.05, 3.63) is 72.7 Å². The molecule has 0 radical (unpaired) electrons. The number of non-ortho nitro benzene ring substituents is 1. The minimum Gasteiger partial charge on any atom is -0.398 e. The maximum absolute atomic E-state index is 13.7. The number of fused-ring (bicyclic) bond motifs is 1. The van der Waals surface area contributed by atoms with E-state index in [2.05, 4.69) is 15.9 Å². The Balaban J connectivity index is 2.51. The third-order valence-electron chi connectivity index (χ3n) is 4.12. The second kappa shape index (κ2) is 6.75. The number of halogens is 4. The number of nitrogen functional groups attached to an aromatic ring is 1. The fourth-order valence-corrected chi connectivity index (χ4v) is 3.50. The Labute approximate surface area is 163 Å². The van der Waals surface area contributed by atoms with Gasteiger partial charge in [0, 0.05) is 27.2 Å². The fraction of sp³-hybridized carbons (Fsp3) is 0.0588. The number of alkyl halides is 3. The number of benzene rings is 3. The Kier molecular flexibility index (Phi) is 4.71. The summed E-state index contributed by atoms with van der Waals surface area (Å²) in [5.74, 6) is 0. The molecule has 11 heteroatoms. The van der Waals surface area contributed by atoms with E-state index in [4.69, 9.17) is 5.73 Å². The van der Waals surface area contributed by atoms with Crippen molar-refractivity contribution in [1.82, 2.24) is 0 Å². The van der Waals surface area contributed by atoms with Crippen molar-refractivity contribution in [3.8, 4) is 11.1 Å². The van der Waals surface area contributed by atoms with Crippen molar-refractivity contribution in [2.45, 2.75) is 6.18 Å². The number of nitrogens with two attached hydrogens (primary N) is 1. The highest BCUT2D eigenvalue weighted by molar-refractivity contribution is 9.10. The first-order chi connectivity index (χ1) is 13.0. The van der Waals surface area contributed by atoms with Crippen molar-refractivity contribution < 1.29 is 23.0 Å². The summed E-state index contributed by atoms with van der Waals surface area (Å²) >= 11 is 3.24. The molecule has 0 atom stereocenters. The molecule has 3 rings (SSSR count). The highest BCUT2D eigenvalue weighted by Gasteiger charge is 2.40. The predicted molar refractivity (Wildman–Crippen MR) is 99.8 cm³/mol. The average molecular weight is 456 g/mol. The van der Waals surface area contributed by atoms with Crippen LogP contribution in [-0.2, 0) is 6.18 Å². The van der Waals surface area contributed by atoms with Crippen LogP contribution in [0, 0.1) is 20.2 Å². The molecule has 0 aliphatic carbocycles. The van der Waals surface area contributed by atoms with Gasteiger partial charge in [-0.3, -0.25) is 20.2 Å². The monoisotopic (exact) mass is 455 g/mol. The van der Waals surface area contributed by atoms with Gasteiger partial charge in [0.25, 0.3) is 11.4 Å². The lowest BCUT2D eigenvalue weighted by molar-refractivity contribution is -0.394. The molecule has 0 unspecified atom stereocenters. The number of nitro benzene ring substituents is 2. The summed E-state index contributed by atoms with van der Waals surface area (Å²) in [6.07, 6.45) is -5.09. The van der Waals surface area contributed by atoms with Crippen LogP contribution in [0.3, 0.4) is 0 Å². The standard InChI is InChI=1S/C17H9BrF3N3O4/c18-13-7-11(16(22)10-4-2-1-3-9(10)13)15-12(17(19,20)21)5-8(23(25)26)6-14(15)24(27)28/h1-7H,22H2. The van der Waals surface area contributed by atoms with Crippen LogP contribution >= 0.6 is 15.9 Å². The number of nitro groups is 2. The zero-order valence-electron chi connectivity index (χ0n) is 13.7. The van der Waals surface area contributed by atoms with Crippen LogP contribution in [0.1, 0.15) is 5.56 Å². The van der Waals surface area contributed by atoms with Gasteiger partial charge < -0.3 is 5.73 Å². The molecule has 0 spiro atoms. The zero-order valence-corrected chi connectivity index (χ0v) is 15.2. The highest BCUT2D eigenvalue weighted by Crippen LogP contribution is 2.48. The zero-order chi connectivity index (χ0) is 20.8. The Bertz CT molecular complexity index is 1150. The molecule has 3 aromatic carbocycles. The topological polar surface area (TPSA) is 112 Å². The van der Waals surface area contributed by atoms with Gasteiger partial charge in [-0.25, -0.2) is 0 Å². The van der Waals surface area contributed by atoms with E-state index in [1.54, 1.807) is 24.3 Å². The lowest BCUT2D eigenvalue weighted by atomic mass is 9.93. The van der Waals surface area contributed by atoms with Gasteiger partial charge in [-0.05, 0) is 11.5 Å². The number of rotatable bonds is 3. The molecule has 0 aromatic heterocycles. The van der Waals surface area contributed by atoms with E-state index >= 15 is 0 Å². The molecule has 0 aliphatic rings. The predicted octanol–water partition coefficient (Wildman–Crippen LogP) is 5.69. The van der Waals surface area contributed by atoms with E-state index < -0.39 is 38.5 Å². The van der Waals surface area contributed by atoms with E-state index in [9.17, 15) is 33.4 Å². The van der Waals surface area contributed by atoms with Gasteiger partial charge in [-0.1, -0.05) is 40.2 Å². The summed E-state index contributed by atoms with van der Waals surface area (Å²) in [6, 6.07) is 8.54. The average Bonchev–Trinajstić information content (AvgIpc) is 2.62. The van der Waals surface area contributed by atoms with E-state index in [0.29, 0.717) is 21.3 Å². The van der Waals surface area contributed by atoms with Crippen LogP contribution < -0.4 is 5.73 Å². The fourth-order valence-electron chi connectivity index (χ4n) is 2.93. The van der Waals surface area contributed by atoms with E-state index in [1.807, 2.05) is 0 Å². The van der Waals surface area contributed by atoms with Crippen LogP contribution in [0.4, 0.5) is 30.2 Å². The summed E-state index contributed by atoms with van der Waals surface area (Å²) in [5, 5.41) is 23.4. The maximum Gasteiger partial charge on any atom is 0.417 e. The highest BCUT2D eigenvalue weighted by atomic mass is 79.9. The maximum atomic E-state index is 13.7. The second-order valence-electron chi connectivity index (χ2n) is 5.76. The summed E-state index contributed by atoms with van der Waals surface area (Å²) in [6.45, 7) is 0. The number of anilines is 1. The van der Waals surface area contributed by atoms with Gasteiger partial charge in [0.2, 0.25) is 0 Å². The van der Waals surface area contributed by atoms with Gasteiger partial charge in [0.1, 0.15) is 0 Å². The van der Waals surface area contributed by atoms with Crippen LogP contribution in [-0.4, -0.2) is 9.85 Å². The molecule has 0 aliphatic heterocycles. The molecule has 0 saturated heterocycles. The minimum atomic E-state index is -5.09. The molecular formula is C17H9BrF3N3O4. The molecule has 144 valence electrons. The van der Waals surface area contributed by atoms with E-state index in [0.717, 1.165) is 0 Å². The van der Waals surface area contributed by atoms with Crippen LogP contribution in [0.15, 0.2) is 46.9 Å². The van der Waals surface area contributed by atoms with Crippen molar-refractivity contribution >= 4 is 43.8 Å². The molecule has 7 nitrogen and oxygen atoms in total. The third kappa shape index (κ3) is 3.24. The quantitative estimate of drug-likeness (QED) is 0.309. The third-order valence-corrected chi connectivity index (χ3v) is 4.78. The normalized spacial score (nSPS) is 11.6. The van der Waals surface area contributed by atoms with Crippen molar-refractivity contribution in [3.63, 3.8) is 0 Å². The van der Waals surface area contributed by atoms with Gasteiger partial charge in [-0.15, -0.1) is 0 Å². The summed E-state index contributed by atoms with van der Waals surface area (Å²) in [5.41, 5.74) is 1.25. The van der Waals surface area contributed by atoms with Gasteiger partial charge in [-0.2, -0.15) is 13.2 Å². The summed E-state index contributed by atoms with van der Waals surface area (Å²) in [7, 11) is 0. The van der Waals surface area contributed by atoms with Crippen molar-refractivity contribution in [1.29, 1.82) is 0 Å². The number of hydrogen-bond acceptors (Lipinski definition) is 5. The Hall–Kier alpha value is -3.21. The first-order valence-electron chi connectivity index (χ1n) is 7.53. The Morgan fingerprint density at radius 1 is 0.964 bits per heavy atom. The molecule has 0 amide bonds. The smallest absolute Gasteiger partial charge is 0.398 e. The molecular weight excluding hydrogens is 447 g/mol. The molecule has 0 saturated carbocycles. The summed E-state index contributed by atoms with van der Waals surface area (Å²) < 4.78 is 41.4. The van der Waals surface area contributed by atoms with Crippen molar-refractivity contribution in [2.24, 2.45) is 0 Å². The van der Waals surface area contributed by atoms with E-state index in [-0.39, 0.29) is 17.3 Å². The minimum absolute atomic E-state index is 0.110. The van der Waals surface area contributed by atoms with Gasteiger partial charge >= 0.3 is 6.18 Å². The lowest BCUT2D eigenvalue weighted by Crippen LogP contribution is -2.11. The largest absolute Gasteiger partial charge is 0.417 e. The number of nitrogens with zero attached hydrogens (tertiary/aromatic N) is 2. The lowest BCUT2D eigenvalue weighted by Gasteiger charge is -2.16. The molecule has 28 heavy (non-hydrogen) atoms. The first kappa shape index (κ1) is 19.5. The van der Waals surface area contributed by atoms with Crippen LogP contribution in [0.2, 0.25) is 0 Å². The summed E-state index contributed by atoms with van der Waals surface area (Å²) in [4.78, 5) is 20.2.